The standard InChI is InChI=1S/C28H25ClN6O10S2.2Na/c1-13-9-14(12-31-27-33-26(29)34-28(35-27)45-8-7-44-2)23(19(10-13)47(41,42)43)32-17-11-18(46(38,39)40)22(30)21-20(17)24(36)15-5-3-4-6-16(15)25(21)37;;/h3-6,9-11,32H,7-8,12,30H2,1-2H3,(H,38,39,40)(H,41,42,43)(H,31,33,34,35);;/q;2*+1/p-2. The minimum absolute atomic E-state index is 0. The number of carbonyl (C=O) groups is 2. The molecule has 0 aliphatic heterocycles. The fourth-order valence-corrected chi connectivity index (χ4v) is 6.45. The van der Waals surface area contributed by atoms with Crippen molar-refractivity contribution in [3.8, 4) is 6.01 Å². The number of halogens is 1. The molecule has 16 nitrogen and oxygen atoms in total. The van der Waals surface area contributed by atoms with Gasteiger partial charge in [0.1, 0.15) is 26.8 Å². The van der Waals surface area contributed by atoms with E-state index >= 15 is 0 Å². The van der Waals surface area contributed by atoms with Gasteiger partial charge in [-0.05, 0) is 41.8 Å². The summed E-state index contributed by atoms with van der Waals surface area (Å²) >= 11 is 6.00. The molecule has 1 heterocycles. The molecule has 0 spiro atoms. The molecule has 1 aliphatic rings. The third-order valence-corrected chi connectivity index (χ3v) is 8.78. The largest absolute Gasteiger partial charge is 1.00 e. The van der Waals surface area contributed by atoms with Crippen LogP contribution in [0.4, 0.5) is 23.0 Å². The third-order valence-electron chi connectivity index (χ3n) is 6.87. The van der Waals surface area contributed by atoms with Gasteiger partial charge in [0, 0.05) is 24.8 Å². The third kappa shape index (κ3) is 8.78. The molecule has 0 fully saturated rings. The number of nitrogens with two attached hydrogens (primary N) is 1. The first kappa shape index (κ1) is 40.7. The number of carbonyl (C=O) groups excluding carboxylic acids is 2. The minimum Gasteiger partial charge on any atom is -0.744 e. The zero-order chi connectivity index (χ0) is 34.3. The number of rotatable bonds is 11. The van der Waals surface area contributed by atoms with E-state index in [1.807, 2.05) is 0 Å². The zero-order valence-electron chi connectivity index (χ0n) is 26.4. The molecule has 4 aromatic rings. The average Bonchev–Trinajstić information content (AvgIpc) is 2.99. The Kier molecular flexibility index (Phi) is 13.4. The number of hydrogen-bond acceptors (Lipinski definition) is 16. The molecule has 0 radical (unpaired) electrons. The Balaban J connectivity index is 0.00000325. The Morgan fingerprint density at radius 1 is 0.878 bits per heavy atom. The number of fused-ring (bicyclic) bond motifs is 2. The Bertz CT molecular complexity index is 2190. The Labute approximate surface area is 329 Å². The molecule has 1 aliphatic carbocycles. The molecule has 21 heteroatoms. The summed E-state index contributed by atoms with van der Waals surface area (Å²) in [6.07, 6.45) is 0. The summed E-state index contributed by atoms with van der Waals surface area (Å²) in [6, 6.07) is 8.74. The number of ether oxygens (including phenoxy) is 2. The molecule has 4 N–H and O–H groups in total. The Morgan fingerprint density at radius 3 is 2.08 bits per heavy atom. The van der Waals surface area contributed by atoms with Crippen molar-refractivity contribution in [3.63, 3.8) is 0 Å². The second-order valence-electron chi connectivity index (χ2n) is 10.0. The smallest absolute Gasteiger partial charge is 0.744 e. The first-order valence-corrected chi connectivity index (χ1v) is 16.5. The number of anilines is 4. The van der Waals surface area contributed by atoms with Gasteiger partial charge in [-0.2, -0.15) is 15.0 Å². The van der Waals surface area contributed by atoms with Gasteiger partial charge >= 0.3 is 65.1 Å². The zero-order valence-corrected chi connectivity index (χ0v) is 32.7. The summed E-state index contributed by atoms with van der Waals surface area (Å²) in [5.41, 5.74) is 3.61. The van der Waals surface area contributed by atoms with Crippen LogP contribution in [0.15, 0.2) is 52.3 Å². The molecule has 0 unspecified atom stereocenters. The molecule has 0 atom stereocenters. The van der Waals surface area contributed by atoms with Crippen LogP contribution in [-0.2, 0) is 31.5 Å². The number of aromatic nitrogens is 3. The molecular weight excluding hydrogens is 726 g/mol. The molecule has 5 rings (SSSR count). The summed E-state index contributed by atoms with van der Waals surface area (Å²) in [6.45, 7) is 1.53. The second kappa shape index (κ2) is 16.1. The molecule has 0 bridgehead atoms. The summed E-state index contributed by atoms with van der Waals surface area (Å²) in [7, 11) is -9.12. The first-order valence-electron chi connectivity index (χ1n) is 13.3. The number of aryl methyl sites for hydroxylation is 1. The normalized spacial score (nSPS) is 12.3. The molecular formula is C28H23ClN6Na2O10S2. The number of nitrogen functional groups attached to an aromatic ring is 1. The van der Waals surface area contributed by atoms with Crippen LogP contribution < -0.4 is 80.2 Å². The van der Waals surface area contributed by atoms with Crippen molar-refractivity contribution in [2.24, 2.45) is 0 Å². The summed E-state index contributed by atoms with van der Waals surface area (Å²) < 4.78 is 84.5. The van der Waals surface area contributed by atoms with Gasteiger partial charge in [0.2, 0.25) is 11.2 Å². The maximum Gasteiger partial charge on any atom is 1.00 e. The van der Waals surface area contributed by atoms with E-state index in [9.17, 15) is 35.5 Å². The molecule has 246 valence electrons. The van der Waals surface area contributed by atoms with Gasteiger partial charge in [-0.25, -0.2) is 16.8 Å². The van der Waals surface area contributed by atoms with Crippen LogP contribution in [0.3, 0.4) is 0 Å². The van der Waals surface area contributed by atoms with E-state index < -0.39 is 69.8 Å². The number of nitrogens with zero attached hydrogens (tertiary/aromatic N) is 3. The number of ketones is 2. The van der Waals surface area contributed by atoms with Crippen LogP contribution in [0.2, 0.25) is 5.28 Å². The van der Waals surface area contributed by atoms with E-state index in [1.165, 1.54) is 44.4 Å². The first-order chi connectivity index (χ1) is 22.1. The molecule has 0 saturated carbocycles. The molecule has 0 amide bonds. The number of benzene rings is 3. The van der Waals surface area contributed by atoms with Crippen molar-refractivity contribution in [2.75, 3.05) is 36.7 Å². The van der Waals surface area contributed by atoms with Gasteiger partial charge in [0.05, 0.1) is 44.6 Å². The second-order valence-corrected chi connectivity index (χ2v) is 13.1. The van der Waals surface area contributed by atoms with Crippen molar-refractivity contribution < 1.29 is 104 Å². The van der Waals surface area contributed by atoms with Crippen LogP contribution in [0.25, 0.3) is 0 Å². The molecule has 3 aromatic carbocycles. The van der Waals surface area contributed by atoms with E-state index in [4.69, 9.17) is 26.8 Å². The van der Waals surface area contributed by atoms with E-state index in [-0.39, 0.29) is 113 Å². The predicted molar refractivity (Wildman–Crippen MR) is 164 cm³/mol. The summed E-state index contributed by atoms with van der Waals surface area (Å²) in [5.74, 6) is -1.74. The van der Waals surface area contributed by atoms with Crippen molar-refractivity contribution >= 4 is 66.4 Å². The van der Waals surface area contributed by atoms with Gasteiger partial charge in [-0.3, -0.25) is 9.59 Å². The number of hydrogen-bond donors (Lipinski definition) is 3. The van der Waals surface area contributed by atoms with Crippen molar-refractivity contribution in [1.82, 2.24) is 15.0 Å². The van der Waals surface area contributed by atoms with E-state index in [0.29, 0.717) is 11.6 Å². The maximum atomic E-state index is 13.7. The van der Waals surface area contributed by atoms with Gasteiger partial charge in [-0.15, -0.1) is 0 Å². The molecule has 49 heavy (non-hydrogen) atoms. The fourth-order valence-electron chi connectivity index (χ4n) is 4.90. The van der Waals surface area contributed by atoms with Crippen LogP contribution in [0, 0.1) is 6.92 Å². The average molecular weight is 749 g/mol. The van der Waals surface area contributed by atoms with Crippen LogP contribution >= 0.6 is 11.6 Å². The van der Waals surface area contributed by atoms with Gasteiger partial charge in [0.15, 0.2) is 11.6 Å². The van der Waals surface area contributed by atoms with E-state index in [2.05, 4.69) is 25.6 Å². The van der Waals surface area contributed by atoms with Crippen LogP contribution in [-0.4, -0.2) is 72.8 Å². The summed E-state index contributed by atoms with van der Waals surface area (Å²) in [4.78, 5) is 37.3. The van der Waals surface area contributed by atoms with Gasteiger partial charge in [-0.1, -0.05) is 30.3 Å². The van der Waals surface area contributed by atoms with Crippen LogP contribution in [0.1, 0.15) is 43.0 Å². The number of methoxy groups -OCH3 is 1. The SMILES string of the molecule is COCCOc1nc(Cl)nc(NCc2cc(C)cc(S(=O)(=O)[O-])c2Nc2cc(S(=O)(=O)[O-])c(N)c3c2C(=O)c2ccccc2C3=O)n1.[Na+].[Na+]. The molecule has 1 aromatic heterocycles. The van der Waals surface area contributed by atoms with Crippen molar-refractivity contribution in [2.45, 2.75) is 23.3 Å². The maximum absolute atomic E-state index is 13.7. The summed E-state index contributed by atoms with van der Waals surface area (Å²) in [5, 5.41) is 5.22. The Hall–Kier alpha value is -2.72. The fraction of sp³-hybridized carbons (Fsp3) is 0.179. The van der Waals surface area contributed by atoms with Crippen molar-refractivity contribution in [1.29, 1.82) is 0 Å². The molecule has 0 saturated heterocycles. The minimum atomic E-state index is -5.34. The predicted octanol–water partition coefficient (Wildman–Crippen LogP) is -3.61. The Morgan fingerprint density at radius 2 is 1.49 bits per heavy atom. The van der Waals surface area contributed by atoms with E-state index in [1.54, 1.807) is 0 Å². The number of nitrogens with one attached hydrogen (secondary N) is 2. The van der Waals surface area contributed by atoms with Gasteiger partial charge < -0.3 is 34.9 Å². The quantitative estimate of drug-likeness (QED) is 0.0510. The monoisotopic (exact) mass is 748 g/mol. The topological polar surface area (TPSA) is 256 Å². The van der Waals surface area contributed by atoms with Crippen LogP contribution in [0.5, 0.6) is 6.01 Å². The van der Waals surface area contributed by atoms with E-state index in [0.717, 1.165) is 6.07 Å². The van der Waals surface area contributed by atoms with Gasteiger partial charge in [0.25, 0.3) is 0 Å². The van der Waals surface area contributed by atoms with Crippen molar-refractivity contribution in [3.05, 3.63) is 81.1 Å².